The van der Waals surface area contributed by atoms with Crippen molar-refractivity contribution in [3.8, 4) is 5.75 Å². The zero-order valence-electron chi connectivity index (χ0n) is 9.07. The van der Waals surface area contributed by atoms with E-state index in [1.165, 1.54) is 18.2 Å². The number of ether oxygens (including phenoxy) is 1. The first-order valence-electron chi connectivity index (χ1n) is 5.15. The lowest BCUT2D eigenvalue weighted by Crippen LogP contribution is -2.20. The van der Waals surface area contributed by atoms with Gasteiger partial charge in [-0.05, 0) is 18.9 Å². The van der Waals surface area contributed by atoms with Crippen LogP contribution in [0.2, 0.25) is 0 Å². The van der Waals surface area contributed by atoms with Crippen molar-refractivity contribution in [3.63, 3.8) is 0 Å². The van der Waals surface area contributed by atoms with Crippen LogP contribution in [0.25, 0.3) is 0 Å². The average Bonchev–Trinajstić information content (AvgIpc) is 2.24. The Morgan fingerprint density at radius 2 is 1.94 bits per heavy atom. The monoisotopic (exact) mass is 249 g/mol. The van der Waals surface area contributed by atoms with E-state index in [2.05, 4.69) is 4.74 Å². The molecule has 1 rings (SSSR count). The van der Waals surface area contributed by atoms with Crippen LogP contribution in [-0.4, -0.2) is 18.1 Å². The minimum Gasteiger partial charge on any atom is -0.405 e. The molecule has 0 saturated carbocycles. The first-order valence-corrected chi connectivity index (χ1v) is 5.15. The topological polar surface area (TPSA) is 55.5 Å². The van der Waals surface area contributed by atoms with Crippen molar-refractivity contribution in [1.29, 1.82) is 0 Å². The summed E-state index contributed by atoms with van der Waals surface area (Å²) in [5, 5.41) is 8.65. The minimum absolute atomic E-state index is 0.0456. The fourth-order valence-electron chi connectivity index (χ4n) is 1.47. The highest BCUT2D eigenvalue weighted by atomic mass is 19.4. The summed E-state index contributed by atoms with van der Waals surface area (Å²) in [4.78, 5) is 0. The Morgan fingerprint density at radius 1 is 1.29 bits per heavy atom. The van der Waals surface area contributed by atoms with Crippen LogP contribution in [0, 0.1) is 0 Å². The molecule has 96 valence electrons. The van der Waals surface area contributed by atoms with Gasteiger partial charge in [0, 0.05) is 18.2 Å². The van der Waals surface area contributed by atoms with E-state index in [1.54, 1.807) is 6.07 Å². The summed E-state index contributed by atoms with van der Waals surface area (Å²) in [6, 6.07) is 5.17. The molecule has 0 amide bonds. The Labute approximate surface area is 97.0 Å². The number of nitrogens with two attached hydrogens (primary N) is 1. The molecule has 0 spiro atoms. The van der Waals surface area contributed by atoms with Gasteiger partial charge in [0.1, 0.15) is 5.75 Å². The lowest BCUT2D eigenvalue weighted by molar-refractivity contribution is -0.275. The van der Waals surface area contributed by atoms with Crippen LogP contribution >= 0.6 is 0 Å². The molecule has 1 aromatic rings. The Balaban J connectivity index is 2.83. The summed E-state index contributed by atoms with van der Waals surface area (Å²) in [5.74, 6) is -0.287. The van der Waals surface area contributed by atoms with Gasteiger partial charge in [-0.15, -0.1) is 13.2 Å². The first-order chi connectivity index (χ1) is 7.94. The fraction of sp³-hybridized carbons (Fsp3) is 0.455. The van der Waals surface area contributed by atoms with E-state index in [0.717, 1.165) is 0 Å². The number of hydrogen-bond acceptors (Lipinski definition) is 3. The van der Waals surface area contributed by atoms with Gasteiger partial charge in [0.15, 0.2) is 0 Å². The van der Waals surface area contributed by atoms with Crippen LogP contribution < -0.4 is 10.5 Å². The molecule has 0 heterocycles. The molecule has 0 unspecified atom stereocenters. The summed E-state index contributed by atoms with van der Waals surface area (Å²) >= 11 is 0. The van der Waals surface area contributed by atoms with Gasteiger partial charge in [-0.3, -0.25) is 0 Å². The molecule has 0 fully saturated rings. The summed E-state index contributed by atoms with van der Waals surface area (Å²) < 4.78 is 40.3. The number of para-hydroxylation sites is 1. The highest BCUT2D eigenvalue weighted by Crippen LogP contribution is 2.30. The molecule has 1 aromatic carbocycles. The van der Waals surface area contributed by atoms with Gasteiger partial charge in [0.2, 0.25) is 0 Å². The molecule has 3 nitrogen and oxygen atoms in total. The number of halogens is 3. The normalized spacial score (nSPS) is 13.5. The van der Waals surface area contributed by atoms with E-state index < -0.39 is 12.4 Å². The maximum absolute atomic E-state index is 12.1. The van der Waals surface area contributed by atoms with Crippen LogP contribution in [0.3, 0.4) is 0 Å². The van der Waals surface area contributed by atoms with Gasteiger partial charge in [0.25, 0.3) is 0 Å². The maximum Gasteiger partial charge on any atom is 0.573 e. The summed E-state index contributed by atoms with van der Waals surface area (Å²) in [6.07, 6.45) is -3.90. The van der Waals surface area contributed by atoms with E-state index >= 15 is 0 Å². The van der Waals surface area contributed by atoms with Crippen LogP contribution in [0.1, 0.15) is 24.4 Å². The van der Waals surface area contributed by atoms with Gasteiger partial charge in [-0.1, -0.05) is 18.2 Å². The third-order valence-corrected chi connectivity index (χ3v) is 2.22. The van der Waals surface area contributed by atoms with E-state index in [4.69, 9.17) is 10.8 Å². The number of aliphatic hydroxyl groups is 1. The molecule has 0 aliphatic heterocycles. The molecule has 0 aromatic heterocycles. The number of hydrogen-bond donors (Lipinski definition) is 2. The van der Waals surface area contributed by atoms with Crippen LogP contribution in [0.15, 0.2) is 24.3 Å². The lowest BCUT2D eigenvalue weighted by Gasteiger charge is -2.17. The predicted octanol–water partition coefficient (Wildman–Crippen LogP) is 2.36. The van der Waals surface area contributed by atoms with E-state index in [9.17, 15) is 13.2 Å². The van der Waals surface area contributed by atoms with Crippen LogP contribution in [-0.2, 0) is 0 Å². The molecule has 0 radical (unpaired) electrons. The fourth-order valence-corrected chi connectivity index (χ4v) is 1.47. The highest BCUT2D eigenvalue weighted by molar-refractivity contribution is 5.35. The van der Waals surface area contributed by atoms with Crippen LogP contribution in [0.5, 0.6) is 5.75 Å². The Morgan fingerprint density at radius 3 is 2.53 bits per heavy atom. The van der Waals surface area contributed by atoms with Gasteiger partial charge in [0.05, 0.1) is 0 Å². The summed E-state index contributed by atoms with van der Waals surface area (Å²) in [5.41, 5.74) is 6.03. The van der Waals surface area contributed by atoms with E-state index in [-0.39, 0.29) is 12.4 Å². The second kappa shape index (κ2) is 5.88. The standard InChI is InChI=1S/C11H14F3NO2/c12-11(13,14)17-10-6-2-1-4-8(10)9(15)5-3-7-16/h1-2,4,6,9,16H,3,5,7,15H2/t9-/m1/s1. The third-order valence-electron chi connectivity index (χ3n) is 2.22. The Kier molecular flexibility index (Phi) is 4.77. The van der Waals surface area contributed by atoms with Crippen molar-refractivity contribution in [1.82, 2.24) is 0 Å². The van der Waals surface area contributed by atoms with Gasteiger partial charge in [-0.2, -0.15) is 0 Å². The Hall–Kier alpha value is -1.27. The van der Waals surface area contributed by atoms with Crippen molar-refractivity contribution in [3.05, 3.63) is 29.8 Å². The van der Waals surface area contributed by atoms with Crippen molar-refractivity contribution in [2.45, 2.75) is 25.2 Å². The molecular formula is C11H14F3NO2. The lowest BCUT2D eigenvalue weighted by atomic mass is 10.0. The van der Waals surface area contributed by atoms with Gasteiger partial charge >= 0.3 is 6.36 Å². The minimum atomic E-state index is -4.73. The number of alkyl halides is 3. The number of aliphatic hydroxyl groups excluding tert-OH is 1. The van der Waals surface area contributed by atoms with Crippen LogP contribution in [0.4, 0.5) is 13.2 Å². The summed E-state index contributed by atoms with van der Waals surface area (Å²) in [6.45, 7) is -0.0456. The molecule has 6 heteroatoms. The molecule has 0 saturated heterocycles. The van der Waals surface area contributed by atoms with Crippen molar-refractivity contribution in [2.75, 3.05) is 6.61 Å². The molecular weight excluding hydrogens is 235 g/mol. The molecule has 1 atom stereocenters. The van der Waals surface area contributed by atoms with Crippen molar-refractivity contribution in [2.24, 2.45) is 5.73 Å². The SMILES string of the molecule is N[C@H](CCCO)c1ccccc1OC(F)(F)F. The molecule has 0 aliphatic rings. The van der Waals surface area contributed by atoms with Crippen molar-refractivity contribution < 1.29 is 23.0 Å². The molecule has 0 aliphatic carbocycles. The number of rotatable bonds is 5. The van der Waals surface area contributed by atoms with Gasteiger partial charge < -0.3 is 15.6 Å². The van der Waals surface area contributed by atoms with Crippen molar-refractivity contribution >= 4 is 0 Å². The first kappa shape index (κ1) is 13.8. The molecule has 0 bridgehead atoms. The van der Waals surface area contributed by atoms with E-state index in [0.29, 0.717) is 18.4 Å². The maximum atomic E-state index is 12.1. The summed E-state index contributed by atoms with van der Waals surface area (Å²) in [7, 11) is 0. The average molecular weight is 249 g/mol. The second-order valence-electron chi connectivity index (χ2n) is 3.56. The number of benzene rings is 1. The molecule has 17 heavy (non-hydrogen) atoms. The Bertz CT molecular complexity index is 355. The predicted molar refractivity (Wildman–Crippen MR) is 56.4 cm³/mol. The largest absolute Gasteiger partial charge is 0.573 e. The quantitative estimate of drug-likeness (QED) is 0.842. The van der Waals surface area contributed by atoms with E-state index in [1.807, 2.05) is 0 Å². The second-order valence-corrected chi connectivity index (χ2v) is 3.56. The highest BCUT2D eigenvalue weighted by Gasteiger charge is 2.32. The zero-order chi connectivity index (χ0) is 12.9. The third kappa shape index (κ3) is 4.62. The zero-order valence-corrected chi connectivity index (χ0v) is 9.07. The molecule has 3 N–H and O–H groups in total. The van der Waals surface area contributed by atoms with Gasteiger partial charge in [-0.25, -0.2) is 0 Å². The smallest absolute Gasteiger partial charge is 0.405 e.